The van der Waals surface area contributed by atoms with E-state index in [-0.39, 0.29) is 5.91 Å². The Balaban J connectivity index is 1.02. The fraction of sp³-hybridized carbons (Fsp3) is 0.520. The number of hydrogen-bond acceptors (Lipinski definition) is 5. The van der Waals surface area contributed by atoms with Gasteiger partial charge in [-0.05, 0) is 67.8 Å². The third-order valence-electron chi connectivity index (χ3n) is 6.81. The number of aromatic nitrogens is 1. The zero-order chi connectivity index (χ0) is 21.0. The molecular weight excluding hydrogens is 388 g/mol. The normalized spacial score (nSPS) is 18.5. The molecule has 1 N–H and O–H groups in total. The molecule has 1 aromatic carbocycles. The maximum atomic E-state index is 11.6. The first-order chi connectivity index (χ1) is 15.3. The standard InChI is InChI=1S/C25H32N4O2/c30-24-10-9-20-18-26-25(17-22(20)27-24)31-16-2-1-11-28-12-14-29(15-13-28)23-8-4-6-19-5-3-7-21(19)23/h4,6,8,17-18H,1-3,5,7,9-16H2,(H,27,30). The van der Waals surface area contributed by atoms with Crippen LogP contribution in [-0.2, 0) is 24.1 Å². The molecule has 6 nitrogen and oxygen atoms in total. The summed E-state index contributed by atoms with van der Waals surface area (Å²) in [5.41, 5.74) is 6.59. The lowest BCUT2D eigenvalue weighted by Gasteiger charge is -2.37. The van der Waals surface area contributed by atoms with Crippen molar-refractivity contribution in [3.05, 3.63) is 47.2 Å². The highest BCUT2D eigenvalue weighted by Gasteiger charge is 2.22. The highest BCUT2D eigenvalue weighted by Crippen LogP contribution is 2.32. The minimum Gasteiger partial charge on any atom is -0.478 e. The van der Waals surface area contributed by atoms with Crippen LogP contribution in [0.2, 0.25) is 0 Å². The van der Waals surface area contributed by atoms with Gasteiger partial charge in [-0.2, -0.15) is 0 Å². The first-order valence-electron chi connectivity index (χ1n) is 11.8. The van der Waals surface area contributed by atoms with Crippen molar-refractivity contribution in [3.63, 3.8) is 0 Å². The lowest BCUT2D eigenvalue weighted by atomic mass is 10.1. The number of ether oxygens (including phenoxy) is 1. The second-order valence-corrected chi connectivity index (χ2v) is 8.88. The number of aryl methyl sites for hydroxylation is 2. The molecule has 0 radical (unpaired) electrons. The SMILES string of the molecule is O=C1CCc2cnc(OCCCCN3CCN(c4cccc5c4CCC5)CC3)cc2N1. The van der Waals surface area contributed by atoms with Gasteiger partial charge in [0.25, 0.3) is 0 Å². The third kappa shape index (κ3) is 4.69. The second-order valence-electron chi connectivity index (χ2n) is 8.88. The van der Waals surface area contributed by atoms with Crippen molar-refractivity contribution in [2.45, 2.75) is 44.9 Å². The van der Waals surface area contributed by atoms with Crippen LogP contribution in [0.25, 0.3) is 0 Å². The van der Waals surface area contributed by atoms with Crippen LogP contribution in [0.5, 0.6) is 5.88 Å². The predicted molar refractivity (Wildman–Crippen MR) is 123 cm³/mol. The van der Waals surface area contributed by atoms with Crippen LogP contribution >= 0.6 is 0 Å². The van der Waals surface area contributed by atoms with Gasteiger partial charge in [-0.25, -0.2) is 4.98 Å². The molecule has 5 rings (SSSR count). The summed E-state index contributed by atoms with van der Waals surface area (Å²) in [4.78, 5) is 21.1. The molecule has 1 fully saturated rings. The van der Waals surface area contributed by atoms with Crippen LogP contribution in [0.15, 0.2) is 30.5 Å². The van der Waals surface area contributed by atoms with E-state index in [1.165, 1.54) is 24.9 Å². The van der Waals surface area contributed by atoms with Crippen LogP contribution in [0.4, 0.5) is 11.4 Å². The topological polar surface area (TPSA) is 57.7 Å². The number of piperazine rings is 1. The zero-order valence-corrected chi connectivity index (χ0v) is 18.2. The van der Waals surface area contributed by atoms with E-state index in [1.54, 1.807) is 11.1 Å². The Kier molecular flexibility index (Phi) is 6.07. The van der Waals surface area contributed by atoms with E-state index in [0.717, 1.165) is 63.2 Å². The van der Waals surface area contributed by atoms with Gasteiger partial charge >= 0.3 is 0 Å². The number of hydrogen-bond donors (Lipinski definition) is 1. The molecule has 1 aromatic heterocycles. The van der Waals surface area contributed by atoms with Crippen molar-refractivity contribution in [1.82, 2.24) is 9.88 Å². The molecule has 0 unspecified atom stereocenters. The molecule has 1 aliphatic carbocycles. The van der Waals surface area contributed by atoms with Crippen molar-refractivity contribution in [2.75, 3.05) is 49.5 Å². The van der Waals surface area contributed by atoms with Gasteiger partial charge < -0.3 is 15.0 Å². The third-order valence-corrected chi connectivity index (χ3v) is 6.81. The Morgan fingerprint density at radius 2 is 1.90 bits per heavy atom. The number of anilines is 2. The number of carbonyl (C=O) groups excluding carboxylic acids is 1. The number of nitrogens with one attached hydrogen (secondary N) is 1. The first kappa shape index (κ1) is 20.3. The van der Waals surface area contributed by atoms with Crippen LogP contribution in [0, 0.1) is 0 Å². The quantitative estimate of drug-likeness (QED) is 0.696. The molecule has 0 spiro atoms. The Labute approximate surface area is 184 Å². The van der Waals surface area contributed by atoms with E-state index in [9.17, 15) is 4.79 Å². The molecule has 6 heteroatoms. The number of rotatable bonds is 7. The number of fused-ring (bicyclic) bond motifs is 2. The van der Waals surface area contributed by atoms with Crippen molar-refractivity contribution in [2.24, 2.45) is 0 Å². The molecule has 0 saturated carbocycles. The smallest absolute Gasteiger partial charge is 0.224 e. The fourth-order valence-corrected chi connectivity index (χ4v) is 5.04. The summed E-state index contributed by atoms with van der Waals surface area (Å²) in [5, 5.41) is 2.90. The minimum atomic E-state index is 0.0707. The van der Waals surface area contributed by atoms with Gasteiger partial charge in [0.05, 0.1) is 12.3 Å². The molecule has 1 saturated heterocycles. The maximum Gasteiger partial charge on any atom is 0.224 e. The number of carbonyl (C=O) groups is 1. The highest BCUT2D eigenvalue weighted by atomic mass is 16.5. The second kappa shape index (κ2) is 9.27. The minimum absolute atomic E-state index is 0.0707. The molecule has 1 amide bonds. The Morgan fingerprint density at radius 3 is 2.81 bits per heavy atom. The lowest BCUT2D eigenvalue weighted by Crippen LogP contribution is -2.47. The number of unbranched alkanes of at least 4 members (excludes halogenated alkanes) is 1. The number of benzene rings is 1. The molecule has 3 aliphatic rings. The van der Waals surface area contributed by atoms with E-state index in [4.69, 9.17) is 4.74 Å². The monoisotopic (exact) mass is 420 g/mol. The number of amides is 1. The Bertz CT molecular complexity index is 937. The van der Waals surface area contributed by atoms with Crippen LogP contribution in [-0.4, -0.2) is 55.1 Å². The van der Waals surface area contributed by atoms with Gasteiger partial charge in [0, 0.05) is 50.6 Å². The van der Waals surface area contributed by atoms with Crippen molar-refractivity contribution >= 4 is 17.3 Å². The van der Waals surface area contributed by atoms with Crippen molar-refractivity contribution in [1.29, 1.82) is 0 Å². The molecule has 2 aromatic rings. The summed E-state index contributed by atoms with van der Waals surface area (Å²) in [7, 11) is 0. The summed E-state index contributed by atoms with van der Waals surface area (Å²) in [5.74, 6) is 0.673. The summed E-state index contributed by atoms with van der Waals surface area (Å²) >= 11 is 0. The van der Waals surface area contributed by atoms with Crippen molar-refractivity contribution in [3.8, 4) is 5.88 Å². The average Bonchev–Trinajstić information content (AvgIpc) is 3.28. The lowest BCUT2D eigenvalue weighted by molar-refractivity contribution is -0.116. The van der Waals surface area contributed by atoms with Gasteiger partial charge in [0.1, 0.15) is 0 Å². The van der Waals surface area contributed by atoms with E-state index < -0.39 is 0 Å². The summed E-state index contributed by atoms with van der Waals surface area (Å²) in [6, 6.07) is 8.71. The molecule has 0 bridgehead atoms. The van der Waals surface area contributed by atoms with E-state index in [1.807, 2.05) is 12.3 Å². The summed E-state index contributed by atoms with van der Waals surface area (Å²) in [6.45, 7) is 6.30. The van der Waals surface area contributed by atoms with E-state index in [0.29, 0.717) is 18.9 Å². The number of pyridine rings is 1. The van der Waals surface area contributed by atoms with Crippen LogP contribution < -0.4 is 15.0 Å². The molecular formula is C25H32N4O2. The zero-order valence-electron chi connectivity index (χ0n) is 18.2. The molecule has 31 heavy (non-hydrogen) atoms. The van der Waals surface area contributed by atoms with Gasteiger partial charge in [0.2, 0.25) is 11.8 Å². The molecule has 0 atom stereocenters. The number of nitrogens with zero attached hydrogens (tertiary/aromatic N) is 3. The van der Waals surface area contributed by atoms with Gasteiger partial charge in [0.15, 0.2) is 0 Å². The van der Waals surface area contributed by atoms with E-state index >= 15 is 0 Å². The van der Waals surface area contributed by atoms with Crippen LogP contribution in [0.1, 0.15) is 42.4 Å². The summed E-state index contributed by atoms with van der Waals surface area (Å²) in [6.07, 6.45) is 9.07. The summed E-state index contributed by atoms with van der Waals surface area (Å²) < 4.78 is 5.83. The van der Waals surface area contributed by atoms with Crippen molar-refractivity contribution < 1.29 is 9.53 Å². The fourth-order valence-electron chi connectivity index (χ4n) is 5.04. The molecule has 2 aliphatic heterocycles. The van der Waals surface area contributed by atoms with Crippen LogP contribution in [0.3, 0.4) is 0 Å². The molecule has 3 heterocycles. The van der Waals surface area contributed by atoms with Gasteiger partial charge in [-0.3, -0.25) is 9.69 Å². The Hall–Kier alpha value is -2.60. The molecule has 164 valence electrons. The van der Waals surface area contributed by atoms with E-state index in [2.05, 4.69) is 38.3 Å². The highest BCUT2D eigenvalue weighted by molar-refractivity contribution is 5.93. The van der Waals surface area contributed by atoms with Gasteiger partial charge in [-0.15, -0.1) is 0 Å². The largest absolute Gasteiger partial charge is 0.478 e. The maximum absolute atomic E-state index is 11.6. The van der Waals surface area contributed by atoms with Gasteiger partial charge in [-0.1, -0.05) is 12.1 Å². The first-order valence-corrected chi connectivity index (χ1v) is 11.8. The average molecular weight is 421 g/mol. The predicted octanol–water partition coefficient (Wildman–Crippen LogP) is 3.44. The Morgan fingerprint density at radius 1 is 1.00 bits per heavy atom.